The van der Waals surface area contributed by atoms with E-state index in [9.17, 15) is 19.5 Å². The number of carboxylic acids is 1. The van der Waals surface area contributed by atoms with Crippen LogP contribution in [-0.4, -0.2) is 26.8 Å². The van der Waals surface area contributed by atoms with E-state index < -0.39 is 23.6 Å². The van der Waals surface area contributed by atoms with E-state index in [2.05, 4.69) is 10.6 Å². The number of benzene rings is 2. The molecular weight excluding hydrogens is 422 g/mol. The van der Waals surface area contributed by atoms with Crippen LogP contribution in [0.3, 0.4) is 0 Å². The van der Waals surface area contributed by atoms with Gasteiger partial charge < -0.3 is 25.4 Å². The van der Waals surface area contributed by atoms with Crippen molar-refractivity contribution in [3.63, 3.8) is 0 Å². The van der Waals surface area contributed by atoms with E-state index in [-0.39, 0.29) is 24.4 Å². The van der Waals surface area contributed by atoms with Crippen LogP contribution in [0.5, 0.6) is 5.75 Å². The number of aliphatic carboxylic acids is 1. The molecule has 0 radical (unpaired) electrons. The van der Waals surface area contributed by atoms with Gasteiger partial charge in [-0.05, 0) is 41.5 Å². The summed E-state index contributed by atoms with van der Waals surface area (Å²) in [5, 5.41) is 24.1. The largest absolute Gasteiger partial charge is 0.508 e. The Hall–Kier alpha value is -3.78. The van der Waals surface area contributed by atoms with Crippen molar-refractivity contribution >= 4 is 29.3 Å². The number of pyridine rings is 1. The predicted octanol–water partition coefficient (Wildman–Crippen LogP) is 3.59. The third-order valence-corrected chi connectivity index (χ3v) is 4.92. The van der Waals surface area contributed by atoms with Gasteiger partial charge in [0, 0.05) is 11.2 Å². The fourth-order valence-corrected chi connectivity index (χ4v) is 3.21. The number of carbonyl (C=O) groups excluding carboxylic acids is 1. The Labute approximate surface area is 182 Å². The summed E-state index contributed by atoms with van der Waals surface area (Å²) in [5.41, 5.74) is 0.852. The monoisotopic (exact) mass is 441 g/mol. The predicted molar refractivity (Wildman–Crippen MR) is 117 cm³/mol. The smallest absolute Gasteiger partial charge is 0.319 e. The van der Waals surface area contributed by atoms with Crippen molar-refractivity contribution in [3.8, 4) is 5.75 Å². The van der Waals surface area contributed by atoms with Crippen molar-refractivity contribution in [2.24, 2.45) is 0 Å². The summed E-state index contributed by atoms with van der Waals surface area (Å²) in [6, 6.07) is 14.4. The lowest BCUT2D eigenvalue weighted by Gasteiger charge is -2.18. The highest BCUT2D eigenvalue weighted by Gasteiger charge is 2.19. The van der Waals surface area contributed by atoms with Crippen molar-refractivity contribution in [1.29, 1.82) is 0 Å². The van der Waals surface area contributed by atoms with Crippen LogP contribution in [0.25, 0.3) is 0 Å². The van der Waals surface area contributed by atoms with Crippen LogP contribution in [0, 0.1) is 0 Å². The Kier molecular flexibility index (Phi) is 6.94. The molecule has 0 aliphatic carbocycles. The van der Waals surface area contributed by atoms with E-state index in [1.54, 1.807) is 30.5 Å². The van der Waals surface area contributed by atoms with Crippen LogP contribution in [0.15, 0.2) is 71.7 Å². The number of urea groups is 1. The normalized spacial score (nSPS) is 11.5. The summed E-state index contributed by atoms with van der Waals surface area (Å²) >= 11 is 6.16. The summed E-state index contributed by atoms with van der Waals surface area (Å²) in [6.07, 6.45) is 1.21. The molecule has 3 aromatic rings. The molecule has 0 spiro atoms. The molecule has 1 unspecified atom stereocenters. The van der Waals surface area contributed by atoms with E-state index in [1.165, 1.54) is 34.9 Å². The maximum absolute atomic E-state index is 12.7. The summed E-state index contributed by atoms with van der Waals surface area (Å²) < 4.78 is 1.41. The molecule has 4 N–H and O–H groups in total. The zero-order valence-corrected chi connectivity index (χ0v) is 17.0. The first-order valence-electron chi connectivity index (χ1n) is 9.34. The van der Waals surface area contributed by atoms with Gasteiger partial charge in [-0.15, -0.1) is 0 Å². The molecule has 1 heterocycles. The van der Waals surface area contributed by atoms with E-state index in [0.717, 1.165) is 5.56 Å². The Bertz CT molecular complexity index is 1140. The molecular formula is C22H20ClN3O5. The third kappa shape index (κ3) is 5.86. The molecule has 8 nitrogen and oxygen atoms in total. The number of anilines is 1. The number of carboxylic acid groups (broad SMARTS) is 1. The second-order valence-electron chi connectivity index (χ2n) is 6.79. The number of rotatable bonds is 7. The number of aromatic hydroxyl groups is 1. The van der Waals surface area contributed by atoms with E-state index in [0.29, 0.717) is 10.6 Å². The minimum absolute atomic E-state index is 0.0191. The molecule has 0 saturated heterocycles. The molecule has 0 bridgehead atoms. The average Bonchev–Trinajstić information content (AvgIpc) is 2.72. The van der Waals surface area contributed by atoms with Gasteiger partial charge in [0.05, 0.1) is 19.0 Å². The van der Waals surface area contributed by atoms with Crippen molar-refractivity contribution in [2.75, 3.05) is 5.32 Å². The summed E-state index contributed by atoms with van der Waals surface area (Å²) in [7, 11) is 0. The average molecular weight is 442 g/mol. The third-order valence-electron chi connectivity index (χ3n) is 4.55. The van der Waals surface area contributed by atoms with Gasteiger partial charge in [0.25, 0.3) is 5.56 Å². The second kappa shape index (κ2) is 9.82. The van der Waals surface area contributed by atoms with Crippen molar-refractivity contribution < 1.29 is 19.8 Å². The van der Waals surface area contributed by atoms with Crippen LogP contribution in [0.1, 0.15) is 23.6 Å². The number of carbonyl (C=O) groups is 2. The van der Waals surface area contributed by atoms with Crippen molar-refractivity contribution in [2.45, 2.75) is 19.0 Å². The van der Waals surface area contributed by atoms with Gasteiger partial charge in [0.1, 0.15) is 11.4 Å². The molecule has 0 saturated carbocycles. The molecule has 0 aliphatic heterocycles. The summed E-state index contributed by atoms with van der Waals surface area (Å²) in [4.78, 5) is 36.4. The molecule has 0 aliphatic rings. The number of amides is 2. The molecule has 3 rings (SSSR count). The molecule has 160 valence electrons. The van der Waals surface area contributed by atoms with Gasteiger partial charge in [0.15, 0.2) is 0 Å². The molecule has 9 heteroatoms. The lowest BCUT2D eigenvalue weighted by atomic mass is 10.0. The fraction of sp³-hybridized carbons (Fsp3) is 0.136. The number of phenols is 1. The van der Waals surface area contributed by atoms with Crippen LogP contribution in [0.2, 0.25) is 5.02 Å². The number of halogens is 1. The Morgan fingerprint density at radius 1 is 1.03 bits per heavy atom. The highest BCUT2D eigenvalue weighted by molar-refractivity contribution is 6.31. The molecule has 1 atom stereocenters. The van der Waals surface area contributed by atoms with Crippen LogP contribution < -0.4 is 16.2 Å². The standard InChI is InChI=1S/C22H20ClN3O5/c23-17-5-2-1-4-15(17)13-26-11-3-6-18(21(26)30)24-22(31)25-19(12-20(28)29)14-7-9-16(27)10-8-14/h1-11,19,27H,12-13H2,(H,28,29)(H2,24,25,31). The van der Waals surface area contributed by atoms with Crippen molar-refractivity contribution in [3.05, 3.63) is 93.4 Å². The quantitative estimate of drug-likeness (QED) is 0.446. The minimum Gasteiger partial charge on any atom is -0.508 e. The zero-order valence-electron chi connectivity index (χ0n) is 16.3. The summed E-state index contributed by atoms with van der Waals surface area (Å²) in [6.45, 7) is 0.227. The molecule has 0 fully saturated rings. The van der Waals surface area contributed by atoms with E-state index in [4.69, 9.17) is 16.7 Å². The lowest BCUT2D eigenvalue weighted by Crippen LogP contribution is -2.36. The topological polar surface area (TPSA) is 121 Å². The van der Waals surface area contributed by atoms with Crippen LogP contribution in [-0.2, 0) is 11.3 Å². The number of hydrogen-bond donors (Lipinski definition) is 4. The molecule has 2 aromatic carbocycles. The Morgan fingerprint density at radius 3 is 2.42 bits per heavy atom. The fourth-order valence-electron chi connectivity index (χ4n) is 3.02. The molecule has 1 aromatic heterocycles. The number of nitrogens with one attached hydrogen (secondary N) is 2. The van der Waals surface area contributed by atoms with Crippen LogP contribution in [0.4, 0.5) is 10.5 Å². The van der Waals surface area contributed by atoms with Gasteiger partial charge in [-0.25, -0.2) is 4.79 Å². The molecule has 31 heavy (non-hydrogen) atoms. The number of nitrogens with zero attached hydrogens (tertiary/aromatic N) is 1. The van der Waals surface area contributed by atoms with Crippen LogP contribution >= 0.6 is 11.6 Å². The van der Waals surface area contributed by atoms with E-state index in [1.807, 2.05) is 6.07 Å². The highest BCUT2D eigenvalue weighted by Crippen LogP contribution is 2.20. The minimum atomic E-state index is -1.11. The SMILES string of the molecule is O=C(O)CC(NC(=O)Nc1cccn(Cc2ccccc2Cl)c1=O)c1ccc(O)cc1. The first kappa shape index (κ1) is 21.9. The zero-order chi connectivity index (χ0) is 22.4. The first-order chi connectivity index (χ1) is 14.8. The first-order valence-corrected chi connectivity index (χ1v) is 9.72. The van der Waals surface area contributed by atoms with Gasteiger partial charge >= 0.3 is 12.0 Å². The van der Waals surface area contributed by atoms with Gasteiger partial charge in [-0.1, -0.05) is 41.9 Å². The number of aromatic nitrogens is 1. The van der Waals surface area contributed by atoms with Gasteiger partial charge in [-0.2, -0.15) is 0 Å². The Balaban J connectivity index is 1.76. The van der Waals surface area contributed by atoms with E-state index >= 15 is 0 Å². The van der Waals surface area contributed by atoms with Crippen molar-refractivity contribution in [1.82, 2.24) is 9.88 Å². The van der Waals surface area contributed by atoms with Gasteiger partial charge in [-0.3, -0.25) is 9.59 Å². The lowest BCUT2D eigenvalue weighted by molar-refractivity contribution is -0.137. The Morgan fingerprint density at radius 2 is 1.74 bits per heavy atom. The highest BCUT2D eigenvalue weighted by atomic mass is 35.5. The summed E-state index contributed by atoms with van der Waals surface area (Å²) in [5.74, 6) is -1.09. The maximum atomic E-state index is 12.7. The molecule has 2 amide bonds. The number of hydrogen-bond acceptors (Lipinski definition) is 4. The second-order valence-corrected chi connectivity index (χ2v) is 7.19. The van der Waals surface area contributed by atoms with Gasteiger partial charge in [0.2, 0.25) is 0 Å². The number of phenolic OH excluding ortho intramolecular Hbond substituents is 1. The maximum Gasteiger partial charge on any atom is 0.319 e.